The van der Waals surface area contributed by atoms with Crippen molar-refractivity contribution in [1.82, 2.24) is 5.32 Å². The van der Waals surface area contributed by atoms with Crippen molar-refractivity contribution in [2.75, 3.05) is 10.7 Å². The highest BCUT2D eigenvalue weighted by molar-refractivity contribution is 14.1. The first kappa shape index (κ1) is 13.9. The summed E-state index contributed by atoms with van der Waals surface area (Å²) < 4.78 is 1.12. The van der Waals surface area contributed by atoms with Gasteiger partial charge in [-0.3, -0.25) is 4.79 Å². The van der Waals surface area contributed by atoms with Crippen LogP contribution in [0, 0.1) is 2.88 Å². The van der Waals surface area contributed by atoms with Crippen LogP contribution >= 0.6 is 65.8 Å². The largest absolute Gasteiger partial charge is 0.345 e. The fraction of sp³-hybridized carbons (Fsp3) is 0.444. The Bertz CT molecular complexity index is 352. The van der Waals surface area contributed by atoms with Crippen LogP contribution in [0.15, 0.2) is 11.4 Å². The maximum absolute atomic E-state index is 11.8. The minimum Gasteiger partial charge on any atom is -0.345 e. The molecule has 0 aliphatic heterocycles. The van der Waals surface area contributed by atoms with E-state index in [-0.39, 0.29) is 11.4 Å². The number of halogens is 3. The van der Waals surface area contributed by atoms with Crippen molar-refractivity contribution in [3.63, 3.8) is 0 Å². The standard InChI is InChI=1S/C9H10Br2INOS/c1-9(4-10,5-11)13-8(14)6-2-7(12)15-3-6/h2-3H,4-5H2,1H3,(H,13,14). The molecule has 0 spiro atoms. The van der Waals surface area contributed by atoms with Gasteiger partial charge in [-0.2, -0.15) is 0 Å². The van der Waals surface area contributed by atoms with E-state index in [0.717, 1.165) is 19.1 Å². The predicted molar refractivity (Wildman–Crippen MR) is 80.5 cm³/mol. The van der Waals surface area contributed by atoms with Crippen LogP contribution in [0.5, 0.6) is 0 Å². The second-order valence-electron chi connectivity index (χ2n) is 3.42. The summed E-state index contributed by atoms with van der Waals surface area (Å²) in [4.78, 5) is 11.8. The van der Waals surface area contributed by atoms with Crippen LogP contribution < -0.4 is 5.32 Å². The molecule has 1 aromatic rings. The number of alkyl halides is 2. The normalized spacial score (nSPS) is 11.5. The number of carbonyl (C=O) groups excluding carboxylic acids is 1. The molecule has 1 aromatic heterocycles. The lowest BCUT2D eigenvalue weighted by Gasteiger charge is -2.26. The summed E-state index contributed by atoms with van der Waals surface area (Å²) in [5.74, 6) is -0.0180. The maximum atomic E-state index is 11.8. The highest BCUT2D eigenvalue weighted by Gasteiger charge is 2.24. The van der Waals surface area contributed by atoms with E-state index in [1.807, 2.05) is 18.4 Å². The number of thiophene rings is 1. The molecule has 0 saturated heterocycles. The first-order valence-corrected chi connectivity index (χ1v) is 8.39. The molecule has 0 aromatic carbocycles. The number of rotatable bonds is 4. The third-order valence-corrected chi connectivity index (χ3v) is 6.10. The van der Waals surface area contributed by atoms with Gasteiger partial charge in [-0.25, -0.2) is 0 Å². The van der Waals surface area contributed by atoms with Gasteiger partial charge >= 0.3 is 0 Å². The maximum Gasteiger partial charge on any atom is 0.252 e. The Morgan fingerprint density at radius 3 is 2.60 bits per heavy atom. The van der Waals surface area contributed by atoms with Crippen molar-refractivity contribution in [2.45, 2.75) is 12.5 Å². The van der Waals surface area contributed by atoms with Crippen molar-refractivity contribution in [3.05, 3.63) is 19.9 Å². The molecule has 15 heavy (non-hydrogen) atoms. The van der Waals surface area contributed by atoms with Crippen molar-refractivity contribution in [3.8, 4) is 0 Å². The molecule has 0 bridgehead atoms. The quantitative estimate of drug-likeness (QED) is 0.533. The Kier molecular flexibility index (Phi) is 5.54. The van der Waals surface area contributed by atoms with Gasteiger partial charge in [0.1, 0.15) is 0 Å². The van der Waals surface area contributed by atoms with Gasteiger partial charge in [0.25, 0.3) is 5.91 Å². The summed E-state index contributed by atoms with van der Waals surface area (Å²) in [6, 6.07) is 1.89. The zero-order valence-corrected chi connectivity index (χ0v) is 14.2. The van der Waals surface area contributed by atoms with E-state index in [1.165, 1.54) is 0 Å². The smallest absolute Gasteiger partial charge is 0.252 e. The van der Waals surface area contributed by atoms with Crippen molar-refractivity contribution >= 4 is 71.7 Å². The van der Waals surface area contributed by atoms with Gasteiger partial charge < -0.3 is 5.32 Å². The molecule has 0 aliphatic rings. The molecule has 84 valence electrons. The van der Waals surface area contributed by atoms with E-state index in [0.29, 0.717) is 0 Å². The summed E-state index contributed by atoms with van der Waals surface area (Å²) in [7, 11) is 0. The lowest BCUT2D eigenvalue weighted by atomic mass is 10.1. The molecule has 0 unspecified atom stereocenters. The summed E-state index contributed by atoms with van der Waals surface area (Å²) in [5.41, 5.74) is 0.488. The fourth-order valence-electron chi connectivity index (χ4n) is 0.878. The average Bonchev–Trinajstić information content (AvgIpc) is 2.65. The highest BCUT2D eigenvalue weighted by atomic mass is 127. The summed E-state index contributed by atoms with van der Waals surface area (Å²) in [6.07, 6.45) is 0. The van der Waals surface area contributed by atoms with Crippen LogP contribution in [0.1, 0.15) is 17.3 Å². The molecule has 1 N–H and O–H groups in total. The van der Waals surface area contributed by atoms with Gasteiger partial charge in [0.2, 0.25) is 0 Å². The van der Waals surface area contributed by atoms with Gasteiger partial charge in [-0.15, -0.1) is 11.3 Å². The van der Waals surface area contributed by atoms with Crippen LogP contribution in [-0.4, -0.2) is 22.1 Å². The highest BCUT2D eigenvalue weighted by Crippen LogP contribution is 2.18. The van der Waals surface area contributed by atoms with Gasteiger partial charge in [0.15, 0.2) is 0 Å². The van der Waals surface area contributed by atoms with Gasteiger partial charge in [-0.1, -0.05) is 31.9 Å². The summed E-state index contributed by atoms with van der Waals surface area (Å²) >= 11 is 10.6. The zero-order valence-electron chi connectivity index (χ0n) is 8.02. The molecule has 2 nitrogen and oxygen atoms in total. The van der Waals surface area contributed by atoms with Crippen molar-refractivity contribution in [2.24, 2.45) is 0 Å². The fourth-order valence-corrected chi connectivity index (χ4v) is 3.41. The van der Waals surface area contributed by atoms with E-state index in [2.05, 4.69) is 59.8 Å². The molecular formula is C9H10Br2INOS. The van der Waals surface area contributed by atoms with Crippen LogP contribution in [0.3, 0.4) is 0 Å². The Morgan fingerprint density at radius 1 is 1.60 bits per heavy atom. The van der Waals surface area contributed by atoms with Gasteiger partial charge in [0, 0.05) is 16.0 Å². The first-order chi connectivity index (χ1) is 7.00. The first-order valence-electron chi connectivity index (χ1n) is 4.19. The minimum atomic E-state index is -0.246. The molecular weight excluding hydrogens is 457 g/mol. The van der Waals surface area contributed by atoms with E-state index in [4.69, 9.17) is 0 Å². The Labute approximate surface area is 124 Å². The topological polar surface area (TPSA) is 29.1 Å². The van der Waals surface area contributed by atoms with Gasteiger partial charge in [0.05, 0.1) is 14.0 Å². The Hall–Kier alpha value is 0.860. The molecule has 0 saturated carbocycles. The lowest BCUT2D eigenvalue weighted by molar-refractivity contribution is 0.0923. The van der Waals surface area contributed by atoms with Crippen molar-refractivity contribution < 1.29 is 4.79 Å². The monoisotopic (exact) mass is 465 g/mol. The average molecular weight is 467 g/mol. The predicted octanol–water partition coefficient (Wildman–Crippen LogP) is 3.63. The van der Waals surface area contributed by atoms with E-state index in [1.54, 1.807) is 11.3 Å². The number of hydrogen-bond donors (Lipinski definition) is 1. The van der Waals surface area contributed by atoms with Crippen LogP contribution in [0.4, 0.5) is 0 Å². The molecule has 1 rings (SSSR count). The second-order valence-corrected chi connectivity index (χ2v) is 7.35. The molecule has 6 heteroatoms. The third-order valence-electron chi connectivity index (χ3n) is 1.83. The molecule has 0 radical (unpaired) electrons. The molecule has 0 aliphatic carbocycles. The van der Waals surface area contributed by atoms with Crippen LogP contribution in [0.2, 0.25) is 0 Å². The lowest BCUT2D eigenvalue weighted by Crippen LogP contribution is -2.48. The SMILES string of the molecule is CC(CBr)(CBr)NC(=O)c1csc(I)c1. The van der Waals surface area contributed by atoms with Crippen LogP contribution in [-0.2, 0) is 0 Å². The van der Waals surface area contributed by atoms with Gasteiger partial charge in [-0.05, 0) is 35.6 Å². The summed E-state index contributed by atoms with van der Waals surface area (Å²) in [5, 5.41) is 6.31. The Morgan fingerprint density at radius 2 is 2.20 bits per heavy atom. The van der Waals surface area contributed by atoms with Crippen molar-refractivity contribution in [1.29, 1.82) is 0 Å². The second kappa shape index (κ2) is 5.97. The molecule has 0 fully saturated rings. The summed E-state index contributed by atoms with van der Waals surface area (Å²) in [6.45, 7) is 1.99. The molecule has 0 atom stereocenters. The minimum absolute atomic E-state index is 0.0180. The van der Waals surface area contributed by atoms with E-state index >= 15 is 0 Å². The third kappa shape index (κ3) is 3.98. The van der Waals surface area contributed by atoms with Crippen LogP contribution in [0.25, 0.3) is 0 Å². The van der Waals surface area contributed by atoms with E-state index < -0.39 is 0 Å². The number of nitrogens with one attached hydrogen (secondary N) is 1. The molecule has 1 heterocycles. The molecule has 1 amide bonds. The number of hydrogen-bond acceptors (Lipinski definition) is 2. The zero-order chi connectivity index (χ0) is 11.5. The van der Waals surface area contributed by atoms with E-state index in [9.17, 15) is 4.79 Å². The number of carbonyl (C=O) groups is 1. The Balaban J connectivity index is 2.71. The number of amides is 1.